The van der Waals surface area contributed by atoms with Crippen LogP contribution in [0, 0.1) is 0 Å². The van der Waals surface area contributed by atoms with Crippen molar-refractivity contribution in [2.24, 2.45) is 0 Å². The van der Waals surface area contributed by atoms with Gasteiger partial charge in [0, 0.05) is 24.5 Å². The minimum absolute atomic E-state index is 0.00231. The molecule has 1 heterocycles. The van der Waals surface area contributed by atoms with Crippen LogP contribution in [0.15, 0.2) is 24.5 Å². The van der Waals surface area contributed by atoms with Crippen LogP contribution in [0.2, 0.25) is 0 Å². The Hall–Kier alpha value is -1.16. The van der Waals surface area contributed by atoms with Gasteiger partial charge in [0.25, 0.3) is 0 Å². The molecule has 0 fully saturated rings. The summed E-state index contributed by atoms with van der Waals surface area (Å²) in [6.07, 6.45) is 3.55. The summed E-state index contributed by atoms with van der Waals surface area (Å²) < 4.78 is 0. The Morgan fingerprint density at radius 2 is 1.93 bits per heavy atom. The molecule has 15 heavy (non-hydrogen) atoms. The fourth-order valence-electron chi connectivity index (χ4n) is 1.07. The lowest BCUT2D eigenvalue weighted by molar-refractivity contribution is 0.506. The Bertz CT molecular complexity index is 316. The van der Waals surface area contributed by atoms with Gasteiger partial charge in [0.15, 0.2) is 5.11 Å². The van der Waals surface area contributed by atoms with Crippen LogP contribution in [0.1, 0.15) is 26.3 Å². The second-order valence-corrected chi connectivity index (χ2v) is 4.82. The zero-order chi connectivity index (χ0) is 11.3. The predicted molar refractivity (Wildman–Crippen MR) is 66.6 cm³/mol. The van der Waals surface area contributed by atoms with Crippen LogP contribution in [0.25, 0.3) is 0 Å². The molecule has 0 atom stereocenters. The molecular formula is C11H17N3S. The molecule has 1 aromatic heterocycles. The van der Waals surface area contributed by atoms with Gasteiger partial charge in [0.1, 0.15) is 0 Å². The number of aromatic nitrogens is 1. The van der Waals surface area contributed by atoms with E-state index in [2.05, 4.69) is 36.4 Å². The molecule has 82 valence electrons. The number of nitrogens with one attached hydrogen (secondary N) is 2. The third-order valence-electron chi connectivity index (χ3n) is 1.69. The molecule has 0 unspecified atom stereocenters. The molecule has 0 bridgehead atoms. The molecule has 0 aliphatic heterocycles. The van der Waals surface area contributed by atoms with Gasteiger partial charge >= 0.3 is 0 Å². The molecule has 0 saturated carbocycles. The first-order chi connectivity index (χ1) is 6.97. The van der Waals surface area contributed by atoms with Crippen molar-refractivity contribution in [1.29, 1.82) is 0 Å². The van der Waals surface area contributed by atoms with Crippen molar-refractivity contribution in [1.82, 2.24) is 15.6 Å². The van der Waals surface area contributed by atoms with Crippen LogP contribution in [-0.2, 0) is 6.54 Å². The van der Waals surface area contributed by atoms with Crippen molar-refractivity contribution in [2.75, 3.05) is 0 Å². The molecule has 0 spiro atoms. The van der Waals surface area contributed by atoms with Crippen molar-refractivity contribution >= 4 is 17.3 Å². The van der Waals surface area contributed by atoms with E-state index in [9.17, 15) is 0 Å². The molecule has 0 radical (unpaired) electrons. The minimum Gasteiger partial charge on any atom is -0.359 e. The molecule has 4 heteroatoms. The fraction of sp³-hybridized carbons (Fsp3) is 0.455. The van der Waals surface area contributed by atoms with E-state index in [1.54, 1.807) is 12.4 Å². The molecule has 0 aliphatic carbocycles. The van der Waals surface area contributed by atoms with E-state index in [1.807, 2.05) is 12.1 Å². The Balaban J connectivity index is 2.35. The van der Waals surface area contributed by atoms with Gasteiger partial charge in [-0.15, -0.1) is 0 Å². The highest BCUT2D eigenvalue weighted by molar-refractivity contribution is 7.80. The van der Waals surface area contributed by atoms with Gasteiger partial charge in [-0.3, -0.25) is 4.98 Å². The Labute approximate surface area is 96.3 Å². The number of rotatable bonds is 2. The fourth-order valence-corrected chi connectivity index (χ4v) is 1.45. The van der Waals surface area contributed by atoms with Gasteiger partial charge in [-0.05, 0) is 50.7 Å². The van der Waals surface area contributed by atoms with Gasteiger partial charge < -0.3 is 10.6 Å². The normalized spacial score (nSPS) is 10.9. The van der Waals surface area contributed by atoms with E-state index >= 15 is 0 Å². The Morgan fingerprint density at radius 3 is 2.47 bits per heavy atom. The van der Waals surface area contributed by atoms with Crippen LogP contribution in [0.4, 0.5) is 0 Å². The van der Waals surface area contributed by atoms with Gasteiger partial charge in [-0.2, -0.15) is 0 Å². The molecule has 0 saturated heterocycles. The minimum atomic E-state index is 0.00231. The monoisotopic (exact) mass is 223 g/mol. The Kier molecular flexibility index (Phi) is 4.03. The lowest BCUT2D eigenvalue weighted by atomic mass is 10.1. The number of pyridine rings is 1. The smallest absolute Gasteiger partial charge is 0.166 e. The Morgan fingerprint density at radius 1 is 1.33 bits per heavy atom. The van der Waals surface area contributed by atoms with E-state index in [4.69, 9.17) is 12.2 Å². The predicted octanol–water partition coefficient (Wildman–Crippen LogP) is 1.84. The highest BCUT2D eigenvalue weighted by Crippen LogP contribution is 1.99. The summed E-state index contributed by atoms with van der Waals surface area (Å²) in [5.74, 6) is 0. The molecule has 1 rings (SSSR count). The maximum absolute atomic E-state index is 5.16. The van der Waals surface area contributed by atoms with Gasteiger partial charge in [0.05, 0.1) is 0 Å². The first kappa shape index (κ1) is 11.9. The van der Waals surface area contributed by atoms with Crippen LogP contribution in [0.3, 0.4) is 0 Å². The summed E-state index contributed by atoms with van der Waals surface area (Å²) in [5.41, 5.74) is 1.17. The van der Waals surface area contributed by atoms with Gasteiger partial charge in [-0.1, -0.05) is 0 Å². The molecule has 3 nitrogen and oxygen atoms in total. The largest absolute Gasteiger partial charge is 0.359 e. The average Bonchev–Trinajstić information content (AvgIpc) is 2.14. The molecule has 0 aliphatic rings. The standard InChI is InChI=1S/C11H17N3S/c1-11(2,3)14-10(15)13-8-9-4-6-12-7-5-9/h4-7H,8H2,1-3H3,(H2,13,14,15). The number of thiocarbonyl (C=S) groups is 1. The first-order valence-electron chi connectivity index (χ1n) is 4.92. The molecule has 2 N–H and O–H groups in total. The lowest BCUT2D eigenvalue weighted by Crippen LogP contribution is -2.45. The number of nitrogens with zero attached hydrogens (tertiary/aromatic N) is 1. The second kappa shape index (κ2) is 5.07. The summed E-state index contributed by atoms with van der Waals surface area (Å²) in [4.78, 5) is 3.96. The van der Waals surface area contributed by atoms with E-state index in [0.29, 0.717) is 5.11 Å². The van der Waals surface area contributed by atoms with E-state index < -0.39 is 0 Å². The van der Waals surface area contributed by atoms with E-state index in [-0.39, 0.29) is 5.54 Å². The molecule has 1 aromatic rings. The van der Waals surface area contributed by atoms with E-state index in [1.165, 1.54) is 5.56 Å². The quantitative estimate of drug-likeness (QED) is 0.750. The second-order valence-electron chi connectivity index (χ2n) is 4.41. The summed E-state index contributed by atoms with van der Waals surface area (Å²) in [6.45, 7) is 6.96. The summed E-state index contributed by atoms with van der Waals surface area (Å²) >= 11 is 5.16. The van der Waals surface area contributed by atoms with Crippen LogP contribution in [0.5, 0.6) is 0 Å². The number of hydrogen-bond acceptors (Lipinski definition) is 2. The van der Waals surface area contributed by atoms with Crippen molar-refractivity contribution < 1.29 is 0 Å². The maximum Gasteiger partial charge on any atom is 0.166 e. The SMILES string of the molecule is CC(C)(C)NC(=S)NCc1ccncc1. The zero-order valence-electron chi connectivity index (χ0n) is 9.37. The summed E-state index contributed by atoms with van der Waals surface area (Å²) in [6, 6.07) is 3.93. The zero-order valence-corrected chi connectivity index (χ0v) is 10.2. The van der Waals surface area contributed by atoms with Crippen molar-refractivity contribution in [3.63, 3.8) is 0 Å². The molecule has 0 amide bonds. The first-order valence-corrected chi connectivity index (χ1v) is 5.33. The van der Waals surface area contributed by atoms with Crippen molar-refractivity contribution in [3.05, 3.63) is 30.1 Å². The van der Waals surface area contributed by atoms with E-state index in [0.717, 1.165) is 6.54 Å². The molecule has 0 aromatic carbocycles. The van der Waals surface area contributed by atoms with Gasteiger partial charge in [-0.25, -0.2) is 0 Å². The summed E-state index contributed by atoms with van der Waals surface area (Å²) in [7, 11) is 0. The number of hydrogen-bond donors (Lipinski definition) is 2. The summed E-state index contributed by atoms with van der Waals surface area (Å²) in [5, 5.41) is 7.02. The highest BCUT2D eigenvalue weighted by atomic mass is 32.1. The van der Waals surface area contributed by atoms with Crippen LogP contribution < -0.4 is 10.6 Å². The van der Waals surface area contributed by atoms with Crippen molar-refractivity contribution in [3.8, 4) is 0 Å². The molecular weight excluding hydrogens is 206 g/mol. The van der Waals surface area contributed by atoms with Gasteiger partial charge in [0.2, 0.25) is 0 Å². The average molecular weight is 223 g/mol. The topological polar surface area (TPSA) is 37.0 Å². The maximum atomic E-state index is 5.16. The van der Waals surface area contributed by atoms with Crippen LogP contribution >= 0.6 is 12.2 Å². The third kappa shape index (κ3) is 5.32. The highest BCUT2D eigenvalue weighted by Gasteiger charge is 2.10. The van der Waals surface area contributed by atoms with Crippen LogP contribution in [-0.4, -0.2) is 15.6 Å². The van der Waals surface area contributed by atoms with Crippen molar-refractivity contribution in [2.45, 2.75) is 32.9 Å². The third-order valence-corrected chi connectivity index (χ3v) is 1.94. The lowest BCUT2D eigenvalue weighted by Gasteiger charge is -2.23.